The molecule has 0 radical (unpaired) electrons. The molecule has 3 aliphatic rings. The van der Waals surface area contributed by atoms with Gasteiger partial charge in [-0.3, -0.25) is 4.79 Å². The highest BCUT2D eigenvalue weighted by molar-refractivity contribution is 5.80. The molecule has 1 amide bonds. The molecule has 19 heavy (non-hydrogen) atoms. The van der Waals surface area contributed by atoms with E-state index < -0.39 is 5.60 Å². The summed E-state index contributed by atoms with van der Waals surface area (Å²) in [6.45, 7) is 0.444. The lowest BCUT2D eigenvalue weighted by Crippen LogP contribution is -2.46. The predicted molar refractivity (Wildman–Crippen MR) is 73.7 cm³/mol. The van der Waals surface area contributed by atoms with E-state index in [9.17, 15) is 9.90 Å². The minimum absolute atomic E-state index is 0.133. The lowest BCUT2D eigenvalue weighted by atomic mass is 9.88. The Morgan fingerprint density at radius 1 is 1.21 bits per heavy atom. The first-order valence-corrected chi connectivity index (χ1v) is 7.92. The van der Waals surface area contributed by atoms with E-state index in [0.717, 1.165) is 38.5 Å². The third kappa shape index (κ3) is 2.95. The number of nitrogens with one attached hydrogen (secondary N) is 2. The molecular weight excluding hydrogens is 240 g/mol. The Bertz CT molecular complexity index is 337. The number of hydrogen-bond donors (Lipinski definition) is 3. The standard InChI is InChI=1S/C15H26N2O2/c18-14(12-9-11-5-6-13(12)17-11)16-10-15(19)7-3-1-2-4-8-15/h11-13,17,19H,1-10H2,(H,16,18). The molecule has 3 unspecified atom stereocenters. The number of fused-ring (bicyclic) bond motifs is 2. The van der Waals surface area contributed by atoms with Crippen LogP contribution >= 0.6 is 0 Å². The van der Waals surface area contributed by atoms with Crippen LogP contribution < -0.4 is 10.6 Å². The molecule has 0 aromatic heterocycles. The predicted octanol–water partition coefficient (Wildman–Crippen LogP) is 1.33. The van der Waals surface area contributed by atoms with Gasteiger partial charge >= 0.3 is 0 Å². The molecule has 108 valence electrons. The Labute approximate surface area is 115 Å². The van der Waals surface area contributed by atoms with Crippen LogP contribution in [0.1, 0.15) is 57.8 Å². The van der Waals surface area contributed by atoms with E-state index in [-0.39, 0.29) is 11.8 Å². The van der Waals surface area contributed by atoms with E-state index in [2.05, 4.69) is 10.6 Å². The van der Waals surface area contributed by atoms with Crippen molar-refractivity contribution in [2.45, 2.75) is 75.5 Å². The van der Waals surface area contributed by atoms with Crippen LogP contribution in [0.5, 0.6) is 0 Å². The van der Waals surface area contributed by atoms with Gasteiger partial charge in [-0.15, -0.1) is 0 Å². The number of carbonyl (C=O) groups excluding carboxylic acids is 1. The van der Waals surface area contributed by atoms with E-state index in [1.165, 1.54) is 19.3 Å². The van der Waals surface area contributed by atoms with Crippen molar-refractivity contribution < 1.29 is 9.90 Å². The SMILES string of the molecule is O=C(NCC1(O)CCCCCC1)C1CC2CCC1N2. The highest BCUT2D eigenvalue weighted by atomic mass is 16.3. The summed E-state index contributed by atoms with van der Waals surface area (Å²) in [5, 5.41) is 17.1. The summed E-state index contributed by atoms with van der Waals surface area (Å²) in [5.41, 5.74) is -0.656. The van der Waals surface area contributed by atoms with E-state index >= 15 is 0 Å². The summed E-state index contributed by atoms with van der Waals surface area (Å²) in [4.78, 5) is 12.2. The first kappa shape index (κ1) is 13.4. The molecule has 3 fully saturated rings. The van der Waals surface area contributed by atoms with Gasteiger partial charge in [-0.1, -0.05) is 25.7 Å². The van der Waals surface area contributed by atoms with E-state index in [0.29, 0.717) is 18.6 Å². The van der Waals surface area contributed by atoms with Crippen LogP contribution in [0.15, 0.2) is 0 Å². The Balaban J connectivity index is 1.50. The molecule has 2 heterocycles. The van der Waals surface area contributed by atoms with Crippen molar-refractivity contribution in [3.63, 3.8) is 0 Å². The first-order chi connectivity index (χ1) is 9.16. The lowest BCUT2D eigenvalue weighted by molar-refractivity contribution is -0.127. The third-order valence-electron chi connectivity index (χ3n) is 5.26. The molecule has 0 aromatic rings. The highest BCUT2D eigenvalue weighted by Gasteiger charge is 2.43. The quantitative estimate of drug-likeness (QED) is 0.675. The van der Waals surface area contributed by atoms with Crippen LogP contribution in [-0.4, -0.2) is 35.2 Å². The molecule has 4 heteroatoms. The number of amides is 1. The average Bonchev–Trinajstić information content (AvgIpc) is 2.97. The van der Waals surface area contributed by atoms with Crippen molar-refractivity contribution in [2.75, 3.05) is 6.54 Å². The van der Waals surface area contributed by atoms with Gasteiger partial charge in [0.15, 0.2) is 0 Å². The Hall–Kier alpha value is -0.610. The van der Waals surface area contributed by atoms with Crippen LogP contribution in [0.3, 0.4) is 0 Å². The first-order valence-electron chi connectivity index (χ1n) is 7.92. The van der Waals surface area contributed by atoms with Gasteiger partial charge < -0.3 is 15.7 Å². The van der Waals surface area contributed by atoms with Crippen LogP contribution in [0.25, 0.3) is 0 Å². The van der Waals surface area contributed by atoms with Gasteiger partial charge in [0.1, 0.15) is 0 Å². The van der Waals surface area contributed by atoms with Crippen molar-refractivity contribution in [1.82, 2.24) is 10.6 Å². The van der Waals surface area contributed by atoms with E-state index in [4.69, 9.17) is 0 Å². The molecule has 1 aliphatic carbocycles. The number of carbonyl (C=O) groups is 1. The van der Waals surface area contributed by atoms with Crippen LogP contribution in [0, 0.1) is 5.92 Å². The van der Waals surface area contributed by atoms with Crippen LogP contribution in [0.2, 0.25) is 0 Å². The van der Waals surface area contributed by atoms with E-state index in [1.54, 1.807) is 0 Å². The van der Waals surface area contributed by atoms with Crippen molar-refractivity contribution in [3.8, 4) is 0 Å². The van der Waals surface area contributed by atoms with Gasteiger partial charge in [0.2, 0.25) is 5.91 Å². The minimum atomic E-state index is -0.656. The largest absolute Gasteiger partial charge is 0.388 e. The number of aliphatic hydroxyl groups is 1. The van der Waals surface area contributed by atoms with Crippen molar-refractivity contribution in [1.29, 1.82) is 0 Å². The average molecular weight is 266 g/mol. The second kappa shape index (κ2) is 5.41. The molecule has 4 nitrogen and oxygen atoms in total. The minimum Gasteiger partial charge on any atom is -0.388 e. The molecule has 3 atom stereocenters. The van der Waals surface area contributed by atoms with Gasteiger partial charge in [-0.25, -0.2) is 0 Å². The molecular formula is C15H26N2O2. The maximum Gasteiger partial charge on any atom is 0.224 e. The Kier molecular flexibility index (Phi) is 3.81. The zero-order chi connectivity index (χ0) is 13.3. The van der Waals surface area contributed by atoms with Crippen LogP contribution in [0.4, 0.5) is 0 Å². The Morgan fingerprint density at radius 2 is 1.95 bits per heavy atom. The fourth-order valence-electron chi connectivity index (χ4n) is 4.06. The maximum atomic E-state index is 12.2. The third-order valence-corrected chi connectivity index (χ3v) is 5.26. The molecule has 1 saturated carbocycles. The molecule has 2 aliphatic heterocycles. The summed E-state index contributed by atoms with van der Waals surface area (Å²) in [6, 6.07) is 0.940. The molecule has 2 bridgehead atoms. The fraction of sp³-hybridized carbons (Fsp3) is 0.933. The van der Waals surface area contributed by atoms with Gasteiger partial charge in [-0.05, 0) is 32.1 Å². The molecule has 3 N–H and O–H groups in total. The van der Waals surface area contributed by atoms with Crippen molar-refractivity contribution in [3.05, 3.63) is 0 Å². The van der Waals surface area contributed by atoms with Gasteiger partial charge in [0.25, 0.3) is 0 Å². The Morgan fingerprint density at radius 3 is 2.53 bits per heavy atom. The second-order valence-electron chi connectivity index (χ2n) is 6.75. The summed E-state index contributed by atoms with van der Waals surface area (Å²) in [7, 11) is 0. The smallest absolute Gasteiger partial charge is 0.224 e. The highest BCUT2D eigenvalue weighted by Crippen LogP contribution is 2.33. The zero-order valence-corrected chi connectivity index (χ0v) is 11.7. The topological polar surface area (TPSA) is 61.4 Å². The van der Waals surface area contributed by atoms with Crippen molar-refractivity contribution >= 4 is 5.91 Å². The van der Waals surface area contributed by atoms with E-state index in [1.807, 2.05) is 0 Å². The van der Waals surface area contributed by atoms with Gasteiger partial charge in [0.05, 0.1) is 11.5 Å². The fourth-order valence-corrected chi connectivity index (χ4v) is 4.06. The van der Waals surface area contributed by atoms with Gasteiger partial charge in [0, 0.05) is 18.6 Å². The number of hydrogen-bond acceptors (Lipinski definition) is 3. The molecule has 0 spiro atoms. The molecule has 2 saturated heterocycles. The summed E-state index contributed by atoms with van der Waals surface area (Å²) in [5.74, 6) is 0.283. The zero-order valence-electron chi connectivity index (χ0n) is 11.7. The second-order valence-corrected chi connectivity index (χ2v) is 6.75. The monoisotopic (exact) mass is 266 g/mol. The molecule has 0 aromatic carbocycles. The summed E-state index contributed by atoms with van der Waals surface area (Å²) in [6.07, 6.45) is 9.61. The van der Waals surface area contributed by atoms with Crippen LogP contribution in [-0.2, 0) is 4.79 Å². The number of rotatable bonds is 3. The molecule has 3 rings (SSSR count). The summed E-state index contributed by atoms with van der Waals surface area (Å²) < 4.78 is 0. The van der Waals surface area contributed by atoms with Crippen molar-refractivity contribution in [2.24, 2.45) is 5.92 Å². The summed E-state index contributed by atoms with van der Waals surface area (Å²) >= 11 is 0. The van der Waals surface area contributed by atoms with Gasteiger partial charge in [-0.2, -0.15) is 0 Å². The lowest BCUT2D eigenvalue weighted by Gasteiger charge is -2.28. The normalized spacial score (nSPS) is 37.0. The maximum absolute atomic E-state index is 12.2.